The predicted molar refractivity (Wildman–Crippen MR) is 144 cm³/mol. The highest BCUT2D eigenvalue weighted by Gasteiger charge is 2.46. The van der Waals surface area contributed by atoms with Crippen LogP contribution in [0.25, 0.3) is 5.69 Å². The van der Waals surface area contributed by atoms with Gasteiger partial charge in [-0.05, 0) is 63.4 Å². The Morgan fingerprint density at radius 3 is 2.45 bits per heavy atom. The van der Waals surface area contributed by atoms with E-state index in [2.05, 4.69) is 5.32 Å². The van der Waals surface area contributed by atoms with Crippen molar-refractivity contribution in [2.45, 2.75) is 64.5 Å². The third-order valence-electron chi connectivity index (χ3n) is 7.93. The van der Waals surface area contributed by atoms with Crippen LogP contribution in [0.5, 0.6) is 11.5 Å². The lowest BCUT2D eigenvalue weighted by Gasteiger charge is -2.39. The van der Waals surface area contributed by atoms with Gasteiger partial charge in [0.15, 0.2) is 11.5 Å². The number of fused-ring (bicyclic) bond motifs is 1. The van der Waals surface area contributed by atoms with Gasteiger partial charge in [0.2, 0.25) is 12.7 Å². The molecule has 1 aliphatic carbocycles. The maximum absolute atomic E-state index is 14.3. The van der Waals surface area contributed by atoms with E-state index in [4.69, 9.17) is 9.47 Å². The maximum Gasteiger partial charge on any atom is 0.295 e. The van der Waals surface area contributed by atoms with Crippen molar-refractivity contribution < 1.29 is 19.1 Å². The standard InChI is InChI=1S/C29H34N4O5/c1-5-29(3,28(36)30-21-11-9-10-12-21)32(26(34)20-15-16-23-24(17-20)38-18-37-23)25-19(2)31(4)33(27(25)35)22-13-7-6-8-14-22/h6-8,13-17,21H,5,9-12,18H2,1-4H3,(H,30,36)/t29-/m1/s1. The van der Waals surface area contributed by atoms with E-state index in [0.717, 1.165) is 25.7 Å². The summed E-state index contributed by atoms with van der Waals surface area (Å²) in [6.45, 7) is 5.47. The smallest absolute Gasteiger partial charge is 0.295 e. The molecular formula is C29H34N4O5. The molecule has 9 nitrogen and oxygen atoms in total. The Labute approximate surface area is 221 Å². The van der Waals surface area contributed by atoms with E-state index < -0.39 is 11.4 Å². The Bertz CT molecular complexity index is 1420. The fourth-order valence-corrected chi connectivity index (χ4v) is 5.37. The molecule has 3 aromatic rings. The van der Waals surface area contributed by atoms with Crippen molar-refractivity contribution in [2.75, 3.05) is 11.7 Å². The second-order valence-electron chi connectivity index (χ2n) is 10.2. The van der Waals surface area contributed by atoms with Gasteiger partial charge in [-0.2, -0.15) is 0 Å². The zero-order valence-corrected chi connectivity index (χ0v) is 22.3. The molecule has 2 aromatic carbocycles. The fraction of sp³-hybridized carbons (Fsp3) is 0.414. The number of anilines is 1. The molecule has 38 heavy (non-hydrogen) atoms. The van der Waals surface area contributed by atoms with Gasteiger partial charge in [0.05, 0.1) is 11.4 Å². The van der Waals surface area contributed by atoms with Crippen molar-refractivity contribution in [1.82, 2.24) is 14.7 Å². The average molecular weight is 519 g/mol. The summed E-state index contributed by atoms with van der Waals surface area (Å²) in [5, 5.41) is 3.17. The highest BCUT2D eigenvalue weighted by molar-refractivity contribution is 6.12. The van der Waals surface area contributed by atoms with Crippen LogP contribution < -0.4 is 25.2 Å². The third-order valence-corrected chi connectivity index (χ3v) is 7.93. The molecule has 0 bridgehead atoms. The first kappa shape index (κ1) is 25.6. The van der Waals surface area contributed by atoms with Gasteiger partial charge < -0.3 is 14.8 Å². The Morgan fingerprint density at radius 2 is 1.76 bits per heavy atom. The molecule has 2 heterocycles. The summed E-state index contributed by atoms with van der Waals surface area (Å²) in [5.41, 5.74) is 0.00958. The number of nitrogens with one attached hydrogen (secondary N) is 1. The quantitative estimate of drug-likeness (QED) is 0.509. The zero-order chi connectivity index (χ0) is 27.0. The van der Waals surface area contributed by atoms with Gasteiger partial charge >= 0.3 is 0 Å². The Kier molecular flexibility index (Phi) is 6.77. The fourth-order valence-electron chi connectivity index (χ4n) is 5.37. The number of rotatable bonds is 7. The number of carbonyl (C=O) groups is 2. The summed E-state index contributed by atoms with van der Waals surface area (Å²) >= 11 is 0. The van der Waals surface area contributed by atoms with Crippen LogP contribution in [0, 0.1) is 6.92 Å². The molecule has 0 spiro atoms. The number of hydrogen-bond donors (Lipinski definition) is 1. The molecule has 5 rings (SSSR count). The van der Waals surface area contributed by atoms with Gasteiger partial charge in [0.1, 0.15) is 11.2 Å². The van der Waals surface area contributed by atoms with Crippen LogP contribution in [0.2, 0.25) is 0 Å². The van der Waals surface area contributed by atoms with Crippen molar-refractivity contribution >= 4 is 17.5 Å². The molecule has 1 atom stereocenters. The lowest BCUT2D eigenvalue weighted by atomic mass is 9.92. The Hall–Kier alpha value is -4.01. The molecule has 0 unspecified atom stereocenters. The van der Waals surface area contributed by atoms with Gasteiger partial charge in [0.25, 0.3) is 11.5 Å². The van der Waals surface area contributed by atoms with E-state index in [0.29, 0.717) is 34.9 Å². The van der Waals surface area contributed by atoms with E-state index in [-0.39, 0.29) is 30.0 Å². The monoisotopic (exact) mass is 518 g/mol. The molecule has 2 aliphatic rings. The summed E-state index contributed by atoms with van der Waals surface area (Å²) in [4.78, 5) is 43.7. The predicted octanol–water partition coefficient (Wildman–Crippen LogP) is 4.09. The van der Waals surface area contributed by atoms with E-state index in [1.807, 2.05) is 37.3 Å². The summed E-state index contributed by atoms with van der Waals surface area (Å²) in [7, 11) is 1.78. The van der Waals surface area contributed by atoms with Crippen molar-refractivity contribution in [3.8, 4) is 17.2 Å². The molecule has 1 fully saturated rings. The van der Waals surface area contributed by atoms with Crippen molar-refractivity contribution in [3.05, 3.63) is 70.1 Å². The first-order valence-corrected chi connectivity index (χ1v) is 13.2. The van der Waals surface area contributed by atoms with E-state index >= 15 is 0 Å². The van der Waals surface area contributed by atoms with Crippen LogP contribution >= 0.6 is 0 Å². The number of nitrogens with zero attached hydrogens (tertiary/aromatic N) is 3. The first-order chi connectivity index (χ1) is 18.3. The van der Waals surface area contributed by atoms with Crippen molar-refractivity contribution in [2.24, 2.45) is 7.05 Å². The van der Waals surface area contributed by atoms with Crippen LogP contribution in [0.15, 0.2) is 53.3 Å². The van der Waals surface area contributed by atoms with Crippen LogP contribution in [0.3, 0.4) is 0 Å². The topological polar surface area (TPSA) is 94.8 Å². The van der Waals surface area contributed by atoms with Gasteiger partial charge in [-0.15, -0.1) is 0 Å². The van der Waals surface area contributed by atoms with Gasteiger partial charge in [0, 0.05) is 18.7 Å². The van der Waals surface area contributed by atoms with Crippen LogP contribution in [0.4, 0.5) is 5.69 Å². The summed E-state index contributed by atoms with van der Waals surface area (Å²) in [5.74, 6) is 0.277. The lowest BCUT2D eigenvalue weighted by molar-refractivity contribution is -0.126. The van der Waals surface area contributed by atoms with Crippen LogP contribution in [-0.4, -0.2) is 39.6 Å². The molecule has 2 amide bonds. The summed E-state index contributed by atoms with van der Waals surface area (Å²) in [6.07, 6.45) is 4.25. The molecule has 9 heteroatoms. The first-order valence-electron chi connectivity index (χ1n) is 13.2. The lowest BCUT2D eigenvalue weighted by Crippen LogP contribution is -2.61. The minimum atomic E-state index is -1.32. The Morgan fingerprint density at radius 1 is 1.08 bits per heavy atom. The number of ether oxygens (including phenoxy) is 2. The number of hydrogen-bond acceptors (Lipinski definition) is 5. The average Bonchev–Trinajstić information content (AvgIpc) is 3.66. The molecule has 0 saturated heterocycles. The molecule has 1 aliphatic heterocycles. The highest BCUT2D eigenvalue weighted by atomic mass is 16.7. The van der Waals surface area contributed by atoms with Crippen molar-refractivity contribution in [1.29, 1.82) is 0 Å². The SMILES string of the molecule is CC[C@](C)(C(=O)NC1CCCC1)N(C(=O)c1ccc2c(c1)OCO2)c1c(C)n(C)n(-c2ccccc2)c1=O. The van der Waals surface area contributed by atoms with E-state index in [1.165, 1.54) is 9.58 Å². The molecule has 1 aromatic heterocycles. The molecule has 0 radical (unpaired) electrons. The van der Waals surface area contributed by atoms with E-state index in [1.54, 1.807) is 43.8 Å². The second-order valence-corrected chi connectivity index (χ2v) is 10.2. The maximum atomic E-state index is 14.3. The molecular weight excluding hydrogens is 484 g/mol. The summed E-state index contributed by atoms with van der Waals surface area (Å²) < 4.78 is 14.2. The number of carbonyl (C=O) groups excluding carboxylic acids is 2. The largest absolute Gasteiger partial charge is 0.454 e. The van der Waals surface area contributed by atoms with Crippen molar-refractivity contribution in [3.63, 3.8) is 0 Å². The zero-order valence-electron chi connectivity index (χ0n) is 22.3. The number of aromatic nitrogens is 2. The second kappa shape index (κ2) is 10.0. The molecule has 1 saturated carbocycles. The number of amides is 2. The van der Waals surface area contributed by atoms with Crippen LogP contribution in [0.1, 0.15) is 62.0 Å². The van der Waals surface area contributed by atoms with Crippen LogP contribution in [-0.2, 0) is 11.8 Å². The van der Waals surface area contributed by atoms with Gasteiger partial charge in [-0.25, -0.2) is 4.68 Å². The molecule has 1 N–H and O–H groups in total. The minimum Gasteiger partial charge on any atom is -0.454 e. The minimum absolute atomic E-state index is 0.0636. The number of benzene rings is 2. The molecule has 200 valence electrons. The Balaban J connectivity index is 1.67. The van der Waals surface area contributed by atoms with E-state index in [9.17, 15) is 14.4 Å². The highest BCUT2D eigenvalue weighted by Crippen LogP contribution is 2.36. The van der Waals surface area contributed by atoms with Gasteiger partial charge in [-0.3, -0.25) is 24.0 Å². The summed E-state index contributed by atoms with van der Waals surface area (Å²) in [6, 6.07) is 14.2. The number of para-hydroxylation sites is 1. The third kappa shape index (κ3) is 4.25. The normalized spacial score (nSPS) is 16.3. The van der Waals surface area contributed by atoms with Gasteiger partial charge in [-0.1, -0.05) is 38.0 Å².